The fourth-order valence-corrected chi connectivity index (χ4v) is 2.74. The number of aliphatic hydroxyl groups is 1. The summed E-state index contributed by atoms with van der Waals surface area (Å²) in [5.41, 5.74) is -1.39. The molecule has 0 aliphatic carbocycles. The van der Waals surface area contributed by atoms with Crippen LogP contribution in [-0.2, 0) is 4.74 Å². The van der Waals surface area contributed by atoms with Crippen molar-refractivity contribution in [3.8, 4) is 0 Å². The van der Waals surface area contributed by atoms with Gasteiger partial charge < -0.3 is 9.84 Å². The second-order valence-corrected chi connectivity index (χ2v) is 5.12. The molecule has 7 heteroatoms. The fourth-order valence-electron chi connectivity index (χ4n) is 2.31. The molecule has 0 unspecified atom stereocenters. The van der Waals surface area contributed by atoms with Crippen molar-refractivity contribution in [2.24, 2.45) is 0 Å². The van der Waals surface area contributed by atoms with E-state index >= 15 is 0 Å². The van der Waals surface area contributed by atoms with Crippen LogP contribution in [0.4, 0.5) is 0 Å². The Morgan fingerprint density at radius 2 is 2.32 bits per heavy atom. The Morgan fingerprint density at radius 3 is 2.84 bits per heavy atom. The van der Waals surface area contributed by atoms with Crippen LogP contribution in [-0.4, -0.2) is 32.2 Å². The molecule has 6 nitrogen and oxygen atoms in total. The van der Waals surface area contributed by atoms with E-state index in [1.54, 1.807) is 6.92 Å². The van der Waals surface area contributed by atoms with Gasteiger partial charge in [0.05, 0.1) is 12.0 Å². The largest absolute Gasteiger partial charge is 0.390 e. The highest BCUT2D eigenvalue weighted by Gasteiger charge is 2.47. The number of aromatic nitrogens is 2. The Morgan fingerprint density at radius 1 is 1.63 bits per heavy atom. The lowest BCUT2D eigenvalue weighted by atomic mass is 9.96. The standard InChI is InChI=1S/C12H17ClN2O4/c1-3-12(6-13)8(16)4-9(19-12)15-5-7(2)10(17)14-11(15)18/h5,8-9,16H,3-4,6H2,1-2H3,(H,14,17,18)/t8-,9-,12+/m1/s1. The summed E-state index contributed by atoms with van der Waals surface area (Å²) in [5, 5.41) is 10.1. The summed E-state index contributed by atoms with van der Waals surface area (Å²) in [6.45, 7) is 3.48. The number of aryl methyl sites for hydroxylation is 1. The van der Waals surface area contributed by atoms with Crippen LogP contribution in [0.3, 0.4) is 0 Å². The van der Waals surface area contributed by atoms with E-state index < -0.39 is 29.2 Å². The molecule has 1 aromatic rings. The molecule has 19 heavy (non-hydrogen) atoms. The number of halogens is 1. The van der Waals surface area contributed by atoms with Crippen LogP contribution in [0.2, 0.25) is 0 Å². The van der Waals surface area contributed by atoms with E-state index in [1.165, 1.54) is 10.8 Å². The number of aliphatic hydroxyl groups excluding tert-OH is 1. The number of nitrogens with one attached hydrogen (secondary N) is 1. The highest BCUT2D eigenvalue weighted by molar-refractivity contribution is 6.18. The van der Waals surface area contributed by atoms with Crippen molar-refractivity contribution in [3.63, 3.8) is 0 Å². The van der Waals surface area contributed by atoms with Gasteiger partial charge >= 0.3 is 5.69 Å². The average Bonchev–Trinajstić information content (AvgIpc) is 2.71. The number of rotatable bonds is 3. The molecule has 0 spiro atoms. The Hall–Kier alpha value is -1.11. The first kappa shape index (κ1) is 14.3. The normalized spacial score (nSPS) is 30.7. The third-order valence-electron chi connectivity index (χ3n) is 3.68. The van der Waals surface area contributed by atoms with Crippen LogP contribution in [0.1, 0.15) is 31.6 Å². The van der Waals surface area contributed by atoms with Gasteiger partial charge in [-0.25, -0.2) is 4.79 Å². The summed E-state index contributed by atoms with van der Waals surface area (Å²) in [5.74, 6) is 0.151. The number of ether oxygens (including phenoxy) is 1. The minimum atomic E-state index is -0.838. The maximum Gasteiger partial charge on any atom is 0.330 e. The second kappa shape index (κ2) is 5.11. The average molecular weight is 289 g/mol. The number of nitrogens with zero attached hydrogens (tertiary/aromatic N) is 1. The van der Waals surface area contributed by atoms with Crippen LogP contribution in [0.5, 0.6) is 0 Å². The van der Waals surface area contributed by atoms with Gasteiger partial charge in [0.2, 0.25) is 0 Å². The number of alkyl halides is 1. The van der Waals surface area contributed by atoms with Crippen LogP contribution < -0.4 is 11.2 Å². The molecule has 2 rings (SSSR count). The number of hydrogen-bond acceptors (Lipinski definition) is 4. The predicted molar refractivity (Wildman–Crippen MR) is 70.5 cm³/mol. The van der Waals surface area contributed by atoms with Crippen molar-refractivity contribution in [1.29, 1.82) is 0 Å². The summed E-state index contributed by atoms with van der Waals surface area (Å²) >= 11 is 5.88. The first-order valence-electron chi connectivity index (χ1n) is 6.17. The molecule has 106 valence electrons. The van der Waals surface area contributed by atoms with Crippen LogP contribution in [0.15, 0.2) is 15.8 Å². The van der Waals surface area contributed by atoms with E-state index in [4.69, 9.17) is 16.3 Å². The zero-order valence-corrected chi connectivity index (χ0v) is 11.6. The molecule has 2 heterocycles. The van der Waals surface area contributed by atoms with Crippen LogP contribution >= 0.6 is 11.6 Å². The third kappa shape index (κ3) is 2.35. The van der Waals surface area contributed by atoms with E-state index in [0.717, 1.165) is 0 Å². The summed E-state index contributed by atoms with van der Waals surface area (Å²) in [4.78, 5) is 25.3. The molecule has 1 aromatic heterocycles. The van der Waals surface area contributed by atoms with Crippen molar-refractivity contribution in [2.45, 2.75) is 44.6 Å². The molecule has 0 amide bonds. The maximum atomic E-state index is 11.8. The number of aromatic amines is 1. The van der Waals surface area contributed by atoms with E-state index in [0.29, 0.717) is 12.0 Å². The Kier molecular flexibility index (Phi) is 3.85. The monoisotopic (exact) mass is 288 g/mol. The Labute approximate surface area is 115 Å². The van der Waals surface area contributed by atoms with Crippen molar-refractivity contribution < 1.29 is 9.84 Å². The number of hydrogen-bond donors (Lipinski definition) is 2. The quantitative estimate of drug-likeness (QED) is 0.794. The maximum absolute atomic E-state index is 11.8. The van der Waals surface area contributed by atoms with Crippen LogP contribution in [0.25, 0.3) is 0 Å². The lowest BCUT2D eigenvalue weighted by Gasteiger charge is -2.28. The van der Waals surface area contributed by atoms with Gasteiger partial charge in [-0.1, -0.05) is 6.92 Å². The summed E-state index contributed by atoms with van der Waals surface area (Å²) < 4.78 is 7.08. The molecule has 1 aliphatic heterocycles. The summed E-state index contributed by atoms with van der Waals surface area (Å²) in [6, 6.07) is 0. The Bertz CT molecular complexity index is 576. The molecule has 3 atom stereocenters. The van der Waals surface area contributed by atoms with Crippen molar-refractivity contribution >= 4 is 11.6 Å². The van der Waals surface area contributed by atoms with Gasteiger partial charge in [0.25, 0.3) is 5.56 Å². The van der Waals surface area contributed by atoms with Crippen molar-refractivity contribution in [1.82, 2.24) is 9.55 Å². The molecular weight excluding hydrogens is 272 g/mol. The van der Waals surface area contributed by atoms with Crippen molar-refractivity contribution in [2.75, 3.05) is 5.88 Å². The van der Waals surface area contributed by atoms with Gasteiger partial charge in [0.1, 0.15) is 11.8 Å². The van der Waals surface area contributed by atoms with E-state index in [9.17, 15) is 14.7 Å². The van der Waals surface area contributed by atoms with Gasteiger partial charge in [-0.15, -0.1) is 11.6 Å². The summed E-state index contributed by atoms with van der Waals surface area (Å²) in [7, 11) is 0. The first-order valence-corrected chi connectivity index (χ1v) is 6.71. The zero-order chi connectivity index (χ0) is 14.2. The molecule has 1 aliphatic rings. The molecule has 1 fully saturated rings. The fraction of sp³-hybridized carbons (Fsp3) is 0.667. The molecule has 1 saturated heterocycles. The molecule has 0 saturated carbocycles. The Balaban J connectivity index is 2.38. The highest BCUT2D eigenvalue weighted by Crippen LogP contribution is 2.39. The molecule has 0 aromatic carbocycles. The second-order valence-electron chi connectivity index (χ2n) is 4.85. The number of H-pyrrole nitrogens is 1. The zero-order valence-electron chi connectivity index (χ0n) is 10.9. The molecule has 2 N–H and O–H groups in total. The first-order chi connectivity index (χ1) is 8.93. The van der Waals surface area contributed by atoms with Gasteiger partial charge in [-0.3, -0.25) is 14.3 Å². The van der Waals surface area contributed by atoms with E-state index in [1.807, 2.05) is 6.92 Å². The van der Waals surface area contributed by atoms with Gasteiger partial charge in [0, 0.05) is 18.2 Å². The lowest BCUT2D eigenvalue weighted by Crippen LogP contribution is -2.41. The summed E-state index contributed by atoms with van der Waals surface area (Å²) in [6.07, 6.45) is 0.909. The SMILES string of the molecule is CC[C@@]1(CCl)O[C@@H](n2cc(C)c(=O)[nH]c2=O)C[C@H]1O. The van der Waals surface area contributed by atoms with Crippen LogP contribution in [0, 0.1) is 6.92 Å². The predicted octanol–water partition coefficient (Wildman–Crippen LogP) is 0.512. The highest BCUT2D eigenvalue weighted by atomic mass is 35.5. The molecular formula is C12H17ClN2O4. The minimum absolute atomic E-state index is 0.151. The third-order valence-corrected chi connectivity index (χ3v) is 4.14. The van der Waals surface area contributed by atoms with Gasteiger partial charge in [-0.2, -0.15) is 0 Å². The van der Waals surface area contributed by atoms with E-state index in [2.05, 4.69) is 4.98 Å². The minimum Gasteiger partial charge on any atom is -0.390 e. The van der Waals surface area contributed by atoms with Crippen molar-refractivity contribution in [3.05, 3.63) is 32.6 Å². The smallest absolute Gasteiger partial charge is 0.330 e. The lowest BCUT2D eigenvalue weighted by molar-refractivity contribution is -0.0910. The van der Waals surface area contributed by atoms with Gasteiger partial charge in [0.15, 0.2) is 0 Å². The van der Waals surface area contributed by atoms with E-state index in [-0.39, 0.29) is 12.3 Å². The van der Waals surface area contributed by atoms with Gasteiger partial charge in [-0.05, 0) is 13.3 Å². The topological polar surface area (TPSA) is 84.3 Å². The molecule has 0 radical (unpaired) electrons. The molecule has 0 bridgehead atoms.